The fourth-order valence-electron chi connectivity index (χ4n) is 2.79. The Hall–Kier alpha value is -2.99. The largest absolute Gasteiger partial charge is 0.497 e. The van der Waals surface area contributed by atoms with E-state index in [4.69, 9.17) is 26.1 Å². The highest BCUT2D eigenvalue weighted by Crippen LogP contribution is 2.19. The summed E-state index contributed by atoms with van der Waals surface area (Å²) in [5.41, 5.74) is 2.00. The van der Waals surface area contributed by atoms with Crippen LogP contribution in [-0.2, 0) is 13.1 Å². The first-order valence-corrected chi connectivity index (χ1v) is 9.53. The molecule has 0 spiro atoms. The van der Waals surface area contributed by atoms with Gasteiger partial charge in [0.05, 0.1) is 26.5 Å². The summed E-state index contributed by atoms with van der Waals surface area (Å²) in [7, 11) is 1.66. The van der Waals surface area contributed by atoms with E-state index in [-0.39, 0.29) is 0 Å². The number of benzene rings is 2. The Morgan fingerprint density at radius 3 is 2.54 bits per heavy atom. The van der Waals surface area contributed by atoms with Gasteiger partial charge in [-0.1, -0.05) is 12.1 Å². The van der Waals surface area contributed by atoms with Crippen LogP contribution < -0.4 is 14.8 Å². The Kier molecular flexibility index (Phi) is 6.92. The highest BCUT2D eigenvalue weighted by atomic mass is 32.1. The molecule has 0 amide bonds. The summed E-state index contributed by atoms with van der Waals surface area (Å²) in [5, 5.41) is 3.92. The standard InChI is InChI=1S/C22H24N2O3S/c1-3-26-19-11-9-18(10-12-19)23-22(28)24(16-21-8-5-13-27-21)15-17-6-4-7-20(14-17)25-2/h4-14H,3,15-16H2,1-2H3,(H,23,28). The molecule has 0 bridgehead atoms. The van der Waals surface area contributed by atoms with Crippen LogP contribution in [-0.4, -0.2) is 23.7 Å². The summed E-state index contributed by atoms with van der Waals surface area (Å²) in [6.07, 6.45) is 1.67. The van der Waals surface area contributed by atoms with Crippen LogP contribution in [0.3, 0.4) is 0 Å². The van der Waals surface area contributed by atoms with Crippen molar-refractivity contribution in [3.63, 3.8) is 0 Å². The predicted octanol–water partition coefficient (Wildman–Crippen LogP) is 5.09. The first-order chi connectivity index (χ1) is 13.7. The molecule has 0 aliphatic carbocycles. The number of nitrogens with one attached hydrogen (secondary N) is 1. The van der Waals surface area contributed by atoms with Crippen molar-refractivity contribution in [2.24, 2.45) is 0 Å². The van der Waals surface area contributed by atoms with Crippen molar-refractivity contribution < 1.29 is 13.9 Å². The molecule has 2 aromatic carbocycles. The third-order valence-electron chi connectivity index (χ3n) is 4.14. The maximum Gasteiger partial charge on any atom is 0.174 e. The molecule has 0 saturated heterocycles. The summed E-state index contributed by atoms with van der Waals surface area (Å²) in [6.45, 7) is 3.79. The average Bonchev–Trinajstić information content (AvgIpc) is 3.22. The van der Waals surface area contributed by atoms with Crippen molar-refractivity contribution in [2.45, 2.75) is 20.0 Å². The Labute approximate surface area is 170 Å². The number of anilines is 1. The minimum atomic E-state index is 0.563. The molecular formula is C22H24N2O3S. The normalized spacial score (nSPS) is 10.4. The van der Waals surface area contributed by atoms with Gasteiger partial charge in [-0.2, -0.15) is 0 Å². The van der Waals surface area contributed by atoms with Crippen molar-refractivity contribution in [1.29, 1.82) is 0 Å². The average molecular weight is 397 g/mol. The van der Waals surface area contributed by atoms with E-state index in [0.29, 0.717) is 24.8 Å². The van der Waals surface area contributed by atoms with Gasteiger partial charge in [0.15, 0.2) is 5.11 Å². The van der Waals surface area contributed by atoms with Gasteiger partial charge in [0, 0.05) is 12.2 Å². The van der Waals surface area contributed by atoms with Crippen molar-refractivity contribution in [1.82, 2.24) is 4.90 Å². The molecule has 0 aliphatic rings. The SMILES string of the molecule is CCOc1ccc(NC(=S)N(Cc2cccc(OC)c2)Cc2ccco2)cc1. The summed E-state index contributed by atoms with van der Waals surface area (Å²) in [4.78, 5) is 2.05. The van der Waals surface area contributed by atoms with Crippen LogP contribution in [0.4, 0.5) is 5.69 Å². The van der Waals surface area contributed by atoms with E-state index in [1.54, 1.807) is 13.4 Å². The van der Waals surface area contributed by atoms with E-state index in [1.807, 2.05) is 61.5 Å². The Bertz CT molecular complexity index is 879. The van der Waals surface area contributed by atoms with Gasteiger partial charge >= 0.3 is 0 Å². The van der Waals surface area contributed by atoms with E-state index in [9.17, 15) is 0 Å². The van der Waals surface area contributed by atoms with Crippen molar-refractivity contribution in [3.05, 3.63) is 78.3 Å². The molecule has 3 aromatic rings. The quantitative estimate of drug-likeness (QED) is 0.536. The highest BCUT2D eigenvalue weighted by Gasteiger charge is 2.14. The second kappa shape index (κ2) is 9.80. The summed E-state index contributed by atoms with van der Waals surface area (Å²) >= 11 is 5.69. The maximum absolute atomic E-state index is 5.69. The van der Waals surface area contributed by atoms with Crippen LogP contribution in [0.2, 0.25) is 0 Å². The van der Waals surface area contributed by atoms with E-state index < -0.39 is 0 Å². The van der Waals surface area contributed by atoms with Gasteiger partial charge in [0.1, 0.15) is 17.3 Å². The molecule has 146 valence electrons. The fourth-order valence-corrected chi connectivity index (χ4v) is 3.03. The lowest BCUT2D eigenvalue weighted by Crippen LogP contribution is -2.33. The minimum Gasteiger partial charge on any atom is -0.497 e. The number of hydrogen-bond donors (Lipinski definition) is 1. The predicted molar refractivity (Wildman–Crippen MR) is 115 cm³/mol. The molecule has 28 heavy (non-hydrogen) atoms. The zero-order valence-corrected chi connectivity index (χ0v) is 16.9. The van der Waals surface area contributed by atoms with Gasteiger partial charge in [0.25, 0.3) is 0 Å². The lowest BCUT2D eigenvalue weighted by molar-refractivity contribution is 0.340. The van der Waals surface area contributed by atoms with Crippen molar-refractivity contribution in [2.75, 3.05) is 19.0 Å². The third kappa shape index (κ3) is 5.50. The zero-order valence-electron chi connectivity index (χ0n) is 16.1. The second-order valence-electron chi connectivity index (χ2n) is 6.17. The van der Waals surface area contributed by atoms with E-state index >= 15 is 0 Å². The fraction of sp³-hybridized carbons (Fsp3) is 0.227. The number of nitrogens with zero attached hydrogens (tertiary/aromatic N) is 1. The van der Waals surface area contributed by atoms with Crippen LogP contribution in [0.25, 0.3) is 0 Å². The van der Waals surface area contributed by atoms with Gasteiger partial charge in [-0.3, -0.25) is 0 Å². The molecule has 6 heteroatoms. The number of hydrogen-bond acceptors (Lipinski definition) is 4. The van der Waals surface area contributed by atoms with Crippen LogP contribution in [0.5, 0.6) is 11.5 Å². The van der Waals surface area contributed by atoms with Crippen molar-refractivity contribution >= 4 is 23.0 Å². The molecule has 0 unspecified atom stereocenters. The van der Waals surface area contributed by atoms with E-state index in [2.05, 4.69) is 16.3 Å². The van der Waals surface area contributed by atoms with Crippen LogP contribution in [0.1, 0.15) is 18.2 Å². The van der Waals surface area contributed by atoms with Gasteiger partial charge in [-0.25, -0.2) is 0 Å². The number of methoxy groups -OCH3 is 1. The molecule has 1 aromatic heterocycles. The Balaban J connectivity index is 1.74. The molecule has 1 heterocycles. The number of thiocarbonyl (C=S) groups is 1. The summed E-state index contributed by atoms with van der Waals surface area (Å²) in [5.74, 6) is 2.50. The number of rotatable bonds is 8. The lowest BCUT2D eigenvalue weighted by atomic mass is 10.2. The number of furan rings is 1. The van der Waals surface area contributed by atoms with Gasteiger partial charge in [0.2, 0.25) is 0 Å². The van der Waals surface area contributed by atoms with Crippen LogP contribution in [0, 0.1) is 0 Å². The van der Waals surface area contributed by atoms with Crippen molar-refractivity contribution in [3.8, 4) is 11.5 Å². The summed E-state index contributed by atoms with van der Waals surface area (Å²) < 4.78 is 16.3. The van der Waals surface area contributed by atoms with Crippen LogP contribution in [0.15, 0.2) is 71.3 Å². The first-order valence-electron chi connectivity index (χ1n) is 9.12. The topological polar surface area (TPSA) is 46.9 Å². The monoisotopic (exact) mass is 396 g/mol. The molecule has 1 N–H and O–H groups in total. The van der Waals surface area contributed by atoms with E-state index in [1.165, 1.54) is 0 Å². The lowest BCUT2D eigenvalue weighted by Gasteiger charge is -2.25. The van der Waals surface area contributed by atoms with Gasteiger partial charge in [-0.15, -0.1) is 0 Å². The molecular weight excluding hydrogens is 372 g/mol. The highest BCUT2D eigenvalue weighted by molar-refractivity contribution is 7.80. The second-order valence-corrected chi connectivity index (χ2v) is 6.56. The Morgan fingerprint density at radius 1 is 1.04 bits per heavy atom. The molecule has 0 atom stereocenters. The molecule has 0 radical (unpaired) electrons. The minimum absolute atomic E-state index is 0.563. The molecule has 3 rings (SSSR count). The Morgan fingerprint density at radius 2 is 1.86 bits per heavy atom. The first kappa shape index (κ1) is 19.8. The van der Waals surface area contributed by atoms with Gasteiger partial charge in [-0.05, 0) is 73.2 Å². The summed E-state index contributed by atoms with van der Waals surface area (Å²) in [6, 6.07) is 19.5. The molecule has 5 nitrogen and oxygen atoms in total. The van der Waals surface area contributed by atoms with Gasteiger partial charge < -0.3 is 24.1 Å². The zero-order chi connectivity index (χ0) is 19.8. The smallest absolute Gasteiger partial charge is 0.174 e. The molecule has 0 saturated carbocycles. The van der Waals surface area contributed by atoms with Crippen LogP contribution >= 0.6 is 12.2 Å². The number of ether oxygens (including phenoxy) is 2. The van der Waals surface area contributed by atoms with E-state index in [0.717, 1.165) is 28.5 Å². The molecule has 0 aliphatic heterocycles. The maximum atomic E-state index is 5.69. The third-order valence-corrected chi connectivity index (χ3v) is 4.50. The molecule has 0 fully saturated rings.